The number of aromatic nitrogens is 5. The van der Waals surface area contributed by atoms with E-state index in [4.69, 9.17) is 17.3 Å². The van der Waals surface area contributed by atoms with Crippen molar-refractivity contribution in [3.05, 3.63) is 35.4 Å². The normalized spacial score (nSPS) is 11.3. The van der Waals surface area contributed by atoms with Crippen molar-refractivity contribution in [1.82, 2.24) is 24.3 Å². The summed E-state index contributed by atoms with van der Waals surface area (Å²) >= 11 is 6.12. The molecular weight excluding hydrogens is 264 g/mol. The first-order chi connectivity index (χ1) is 9.20. The number of nitrogens with zero attached hydrogens (tertiary/aromatic N) is 5. The second-order valence-electron chi connectivity index (χ2n) is 4.20. The maximum atomic E-state index is 6.12. The van der Waals surface area contributed by atoms with Crippen molar-refractivity contribution in [1.29, 1.82) is 0 Å². The van der Waals surface area contributed by atoms with Crippen LogP contribution in [0.25, 0.3) is 11.0 Å². The first-order valence-corrected chi connectivity index (χ1v) is 6.35. The highest BCUT2D eigenvalue weighted by Crippen LogP contribution is 2.25. The van der Waals surface area contributed by atoms with Crippen LogP contribution in [0.15, 0.2) is 24.5 Å². The van der Waals surface area contributed by atoms with Crippen LogP contribution in [0.1, 0.15) is 12.7 Å². The second kappa shape index (κ2) is 4.55. The summed E-state index contributed by atoms with van der Waals surface area (Å²) in [7, 11) is 0. The number of fused-ring (bicyclic) bond motifs is 1. The van der Waals surface area contributed by atoms with Crippen molar-refractivity contribution in [2.45, 2.75) is 20.0 Å². The van der Waals surface area contributed by atoms with E-state index in [2.05, 4.69) is 15.2 Å². The zero-order valence-electron chi connectivity index (χ0n) is 10.4. The van der Waals surface area contributed by atoms with E-state index in [0.717, 1.165) is 17.9 Å². The molecule has 0 aliphatic heterocycles. The van der Waals surface area contributed by atoms with E-state index < -0.39 is 0 Å². The molecule has 0 bridgehead atoms. The lowest BCUT2D eigenvalue weighted by Gasteiger charge is -2.07. The van der Waals surface area contributed by atoms with Crippen molar-refractivity contribution in [2.24, 2.45) is 0 Å². The van der Waals surface area contributed by atoms with Gasteiger partial charge in [0.2, 0.25) is 5.95 Å². The number of hydrogen-bond acceptors (Lipinski definition) is 4. The number of para-hydroxylation sites is 1. The zero-order chi connectivity index (χ0) is 13.4. The first-order valence-electron chi connectivity index (χ1n) is 5.97. The van der Waals surface area contributed by atoms with Crippen LogP contribution in [0.4, 0.5) is 5.95 Å². The van der Waals surface area contributed by atoms with Crippen LogP contribution in [0.5, 0.6) is 0 Å². The standard InChI is InChI=1S/C12H13ClN6/c1-2-18-7-15-17-10(18)6-19-9-5-3-4-8(13)11(9)16-12(19)14/h3-5,7H,2,6H2,1H3,(H2,14,16). The average Bonchev–Trinajstić information content (AvgIpc) is 2.97. The Kier molecular flexibility index (Phi) is 2.87. The zero-order valence-corrected chi connectivity index (χ0v) is 11.2. The van der Waals surface area contributed by atoms with Crippen molar-refractivity contribution in [3.63, 3.8) is 0 Å². The highest BCUT2D eigenvalue weighted by molar-refractivity contribution is 6.35. The van der Waals surface area contributed by atoms with Gasteiger partial charge in [-0.2, -0.15) is 0 Å². The molecule has 2 heterocycles. The Morgan fingerprint density at radius 3 is 3.00 bits per heavy atom. The Bertz CT molecular complexity index is 729. The van der Waals surface area contributed by atoms with Crippen molar-refractivity contribution < 1.29 is 0 Å². The molecule has 0 atom stereocenters. The van der Waals surface area contributed by atoms with Gasteiger partial charge >= 0.3 is 0 Å². The monoisotopic (exact) mass is 276 g/mol. The lowest BCUT2D eigenvalue weighted by Crippen LogP contribution is -2.10. The SMILES string of the molecule is CCn1cnnc1Cn1c(N)nc2c(Cl)cccc21. The third kappa shape index (κ3) is 1.94. The van der Waals surface area contributed by atoms with Gasteiger partial charge in [0.1, 0.15) is 11.8 Å². The highest BCUT2D eigenvalue weighted by Gasteiger charge is 2.13. The van der Waals surface area contributed by atoms with Crippen LogP contribution in [0.3, 0.4) is 0 Å². The number of imidazole rings is 1. The van der Waals surface area contributed by atoms with E-state index in [0.29, 0.717) is 23.0 Å². The molecule has 0 fully saturated rings. The number of benzene rings is 1. The van der Waals surface area contributed by atoms with E-state index in [1.165, 1.54) is 0 Å². The van der Waals surface area contributed by atoms with Crippen LogP contribution in [0, 0.1) is 0 Å². The molecule has 0 aliphatic rings. The summed E-state index contributed by atoms with van der Waals surface area (Å²) in [4.78, 5) is 4.30. The molecule has 0 aliphatic carbocycles. The summed E-state index contributed by atoms with van der Waals surface area (Å²) in [6.45, 7) is 3.38. The topological polar surface area (TPSA) is 74.5 Å². The average molecular weight is 277 g/mol. The molecule has 0 spiro atoms. The summed E-state index contributed by atoms with van der Waals surface area (Å²) < 4.78 is 3.85. The largest absolute Gasteiger partial charge is 0.369 e. The molecule has 3 rings (SSSR count). The number of rotatable bonds is 3. The maximum Gasteiger partial charge on any atom is 0.201 e. The Labute approximate surface area is 114 Å². The number of anilines is 1. The van der Waals surface area contributed by atoms with Gasteiger partial charge in [-0.15, -0.1) is 10.2 Å². The van der Waals surface area contributed by atoms with Crippen LogP contribution in [-0.4, -0.2) is 24.3 Å². The van der Waals surface area contributed by atoms with E-state index in [1.54, 1.807) is 12.4 Å². The molecule has 0 saturated carbocycles. The molecule has 0 saturated heterocycles. The molecule has 0 radical (unpaired) electrons. The molecule has 3 aromatic rings. The smallest absolute Gasteiger partial charge is 0.201 e. The predicted molar refractivity (Wildman–Crippen MR) is 74.0 cm³/mol. The molecular formula is C12H13ClN6. The third-order valence-corrected chi connectivity index (χ3v) is 3.40. The molecule has 0 amide bonds. The number of hydrogen-bond donors (Lipinski definition) is 1. The first kappa shape index (κ1) is 12.0. The Morgan fingerprint density at radius 1 is 1.37 bits per heavy atom. The van der Waals surface area contributed by atoms with Crippen LogP contribution in [-0.2, 0) is 13.1 Å². The van der Waals surface area contributed by atoms with Gasteiger partial charge in [0.15, 0.2) is 5.82 Å². The van der Waals surface area contributed by atoms with Crippen molar-refractivity contribution >= 4 is 28.6 Å². The number of nitrogen functional groups attached to an aromatic ring is 1. The van der Waals surface area contributed by atoms with Gasteiger partial charge in [-0.3, -0.25) is 0 Å². The summed E-state index contributed by atoms with van der Waals surface area (Å²) in [5.74, 6) is 1.27. The molecule has 98 valence electrons. The van der Waals surface area contributed by atoms with E-state index >= 15 is 0 Å². The van der Waals surface area contributed by atoms with Gasteiger partial charge in [0.05, 0.1) is 17.1 Å². The molecule has 1 aromatic carbocycles. The fourth-order valence-corrected chi connectivity index (χ4v) is 2.32. The van der Waals surface area contributed by atoms with Gasteiger partial charge < -0.3 is 14.9 Å². The molecule has 2 N–H and O–H groups in total. The third-order valence-electron chi connectivity index (χ3n) is 3.10. The molecule has 7 heteroatoms. The number of nitrogens with two attached hydrogens (primary N) is 1. The summed E-state index contributed by atoms with van der Waals surface area (Å²) in [5.41, 5.74) is 7.58. The minimum atomic E-state index is 0.425. The van der Waals surface area contributed by atoms with E-state index in [9.17, 15) is 0 Å². The molecule has 0 unspecified atom stereocenters. The quantitative estimate of drug-likeness (QED) is 0.793. The summed E-state index contributed by atoms with van der Waals surface area (Å²) in [6, 6.07) is 5.62. The summed E-state index contributed by atoms with van der Waals surface area (Å²) in [6.07, 6.45) is 1.71. The van der Waals surface area contributed by atoms with Gasteiger partial charge in [0.25, 0.3) is 0 Å². The highest BCUT2D eigenvalue weighted by atomic mass is 35.5. The van der Waals surface area contributed by atoms with Crippen LogP contribution < -0.4 is 5.73 Å². The van der Waals surface area contributed by atoms with Crippen molar-refractivity contribution in [3.8, 4) is 0 Å². The number of aryl methyl sites for hydroxylation is 1. The molecule has 19 heavy (non-hydrogen) atoms. The fourth-order valence-electron chi connectivity index (χ4n) is 2.10. The Hall–Kier alpha value is -2.08. The molecule has 2 aromatic heterocycles. The lowest BCUT2D eigenvalue weighted by molar-refractivity contribution is 0.663. The lowest BCUT2D eigenvalue weighted by atomic mass is 10.3. The van der Waals surface area contributed by atoms with Gasteiger partial charge in [0, 0.05) is 6.54 Å². The Balaban J connectivity index is 2.10. The fraction of sp³-hybridized carbons (Fsp3) is 0.250. The Morgan fingerprint density at radius 2 is 2.21 bits per heavy atom. The van der Waals surface area contributed by atoms with Crippen molar-refractivity contribution in [2.75, 3.05) is 5.73 Å². The molecule has 6 nitrogen and oxygen atoms in total. The van der Waals surface area contributed by atoms with Gasteiger partial charge in [-0.1, -0.05) is 17.7 Å². The predicted octanol–water partition coefficient (Wildman–Crippen LogP) is 1.93. The van der Waals surface area contributed by atoms with Gasteiger partial charge in [-0.25, -0.2) is 4.98 Å². The van der Waals surface area contributed by atoms with E-state index in [-0.39, 0.29) is 0 Å². The van der Waals surface area contributed by atoms with Gasteiger partial charge in [-0.05, 0) is 19.1 Å². The maximum absolute atomic E-state index is 6.12. The van der Waals surface area contributed by atoms with Crippen LogP contribution in [0.2, 0.25) is 5.02 Å². The minimum absolute atomic E-state index is 0.425. The van der Waals surface area contributed by atoms with Crippen LogP contribution >= 0.6 is 11.6 Å². The minimum Gasteiger partial charge on any atom is -0.369 e. The summed E-state index contributed by atoms with van der Waals surface area (Å²) in [5, 5.41) is 8.62. The number of halogens is 1. The van der Waals surface area contributed by atoms with E-state index in [1.807, 2.05) is 28.2 Å². The second-order valence-corrected chi connectivity index (χ2v) is 4.60.